The van der Waals surface area contributed by atoms with Gasteiger partial charge >= 0.3 is 0 Å². The third-order valence-corrected chi connectivity index (χ3v) is 3.54. The predicted octanol–water partition coefficient (Wildman–Crippen LogP) is 4.35. The SMILES string of the molecule is CCCN(CCBr)C(=O)c1ccc(Cl)cc1Br. The van der Waals surface area contributed by atoms with Crippen LogP contribution in [0.5, 0.6) is 0 Å². The van der Waals surface area contributed by atoms with Gasteiger partial charge in [-0.15, -0.1) is 0 Å². The van der Waals surface area contributed by atoms with E-state index in [1.807, 2.05) is 4.90 Å². The number of alkyl halides is 1. The molecule has 94 valence electrons. The van der Waals surface area contributed by atoms with Crippen LogP contribution in [0.4, 0.5) is 0 Å². The lowest BCUT2D eigenvalue weighted by Crippen LogP contribution is -2.33. The Balaban J connectivity index is 2.92. The summed E-state index contributed by atoms with van der Waals surface area (Å²) in [4.78, 5) is 14.1. The molecule has 1 amide bonds. The minimum Gasteiger partial charge on any atom is -0.338 e. The van der Waals surface area contributed by atoms with Gasteiger partial charge in [0, 0.05) is 27.9 Å². The lowest BCUT2D eigenvalue weighted by Gasteiger charge is -2.21. The van der Waals surface area contributed by atoms with Gasteiger partial charge in [-0.1, -0.05) is 34.5 Å². The van der Waals surface area contributed by atoms with Crippen molar-refractivity contribution in [1.82, 2.24) is 4.90 Å². The number of benzene rings is 1. The lowest BCUT2D eigenvalue weighted by atomic mass is 10.2. The summed E-state index contributed by atoms with van der Waals surface area (Å²) < 4.78 is 0.741. The highest BCUT2D eigenvalue weighted by atomic mass is 79.9. The normalized spacial score (nSPS) is 10.4. The van der Waals surface area contributed by atoms with E-state index in [4.69, 9.17) is 11.6 Å². The highest BCUT2D eigenvalue weighted by molar-refractivity contribution is 9.10. The van der Waals surface area contributed by atoms with Gasteiger partial charge in [-0.05, 0) is 40.5 Å². The quantitative estimate of drug-likeness (QED) is 0.692. The van der Waals surface area contributed by atoms with Crippen LogP contribution in [0.3, 0.4) is 0 Å². The highest BCUT2D eigenvalue weighted by Gasteiger charge is 2.17. The van der Waals surface area contributed by atoms with Gasteiger partial charge in [0.2, 0.25) is 0 Å². The Labute approximate surface area is 124 Å². The van der Waals surface area contributed by atoms with Crippen LogP contribution in [0, 0.1) is 0 Å². The van der Waals surface area contributed by atoms with Crippen LogP contribution < -0.4 is 0 Å². The number of carbonyl (C=O) groups excluding carboxylic acids is 1. The van der Waals surface area contributed by atoms with Gasteiger partial charge < -0.3 is 4.90 Å². The number of carbonyl (C=O) groups is 1. The summed E-state index contributed by atoms with van der Waals surface area (Å²) in [6, 6.07) is 5.23. The summed E-state index contributed by atoms with van der Waals surface area (Å²) in [6.45, 7) is 3.53. The van der Waals surface area contributed by atoms with Gasteiger partial charge in [0.05, 0.1) is 5.56 Å². The molecular weight excluding hydrogens is 369 g/mol. The maximum atomic E-state index is 12.3. The zero-order valence-electron chi connectivity index (χ0n) is 9.55. The van der Waals surface area contributed by atoms with E-state index in [9.17, 15) is 4.79 Å². The van der Waals surface area contributed by atoms with Crippen molar-refractivity contribution in [1.29, 1.82) is 0 Å². The summed E-state index contributed by atoms with van der Waals surface area (Å²) in [7, 11) is 0. The van der Waals surface area contributed by atoms with E-state index < -0.39 is 0 Å². The molecule has 1 aromatic rings. The van der Waals surface area contributed by atoms with Gasteiger partial charge in [0.25, 0.3) is 5.91 Å². The maximum Gasteiger partial charge on any atom is 0.255 e. The van der Waals surface area contributed by atoms with Crippen molar-refractivity contribution >= 4 is 49.4 Å². The van der Waals surface area contributed by atoms with E-state index in [0.717, 1.165) is 22.8 Å². The smallest absolute Gasteiger partial charge is 0.255 e. The first-order chi connectivity index (χ1) is 8.10. The first kappa shape index (κ1) is 15.0. The molecule has 0 aliphatic heterocycles. The van der Waals surface area contributed by atoms with Crippen molar-refractivity contribution in [3.63, 3.8) is 0 Å². The van der Waals surface area contributed by atoms with Crippen LogP contribution in [0.25, 0.3) is 0 Å². The third kappa shape index (κ3) is 4.27. The Bertz CT molecular complexity index is 392. The molecule has 0 N–H and O–H groups in total. The molecule has 1 aromatic carbocycles. The predicted molar refractivity (Wildman–Crippen MR) is 79.1 cm³/mol. The second-order valence-corrected chi connectivity index (χ2v) is 5.69. The second-order valence-electron chi connectivity index (χ2n) is 3.61. The lowest BCUT2D eigenvalue weighted by molar-refractivity contribution is 0.0765. The maximum absolute atomic E-state index is 12.3. The molecule has 17 heavy (non-hydrogen) atoms. The van der Waals surface area contributed by atoms with Gasteiger partial charge in [0.15, 0.2) is 0 Å². The van der Waals surface area contributed by atoms with Crippen LogP contribution in [-0.4, -0.2) is 29.2 Å². The molecule has 0 spiro atoms. The van der Waals surface area contributed by atoms with E-state index in [-0.39, 0.29) is 5.91 Å². The molecule has 0 aliphatic rings. The average molecular weight is 384 g/mol. The summed E-state index contributed by atoms with van der Waals surface area (Å²) in [5, 5.41) is 1.40. The van der Waals surface area contributed by atoms with Crippen LogP contribution in [-0.2, 0) is 0 Å². The molecule has 0 unspecified atom stereocenters. The number of hydrogen-bond acceptors (Lipinski definition) is 1. The molecular formula is C12H14Br2ClNO. The zero-order valence-corrected chi connectivity index (χ0v) is 13.5. The van der Waals surface area contributed by atoms with Crippen molar-refractivity contribution in [2.75, 3.05) is 18.4 Å². The van der Waals surface area contributed by atoms with E-state index >= 15 is 0 Å². The molecule has 0 aromatic heterocycles. The largest absolute Gasteiger partial charge is 0.338 e. The molecule has 0 aliphatic carbocycles. The molecule has 0 fully saturated rings. The fourth-order valence-corrected chi connectivity index (χ4v) is 2.80. The Morgan fingerprint density at radius 2 is 2.12 bits per heavy atom. The summed E-state index contributed by atoms with van der Waals surface area (Å²) in [6.07, 6.45) is 0.948. The standard InChI is InChI=1S/C12H14Br2ClNO/c1-2-6-16(7-5-13)12(17)10-4-3-9(15)8-11(10)14/h3-4,8H,2,5-7H2,1H3. The number of rotatable bonds is 5. The van der Waals surface area contributed by atoms with E-state index in [1.54, 1.807) is 18.2 Å². The summed E-state index contributed by atoms with van der Waals surface area (Å²) in [5.41, 5.74) is 0.656. The van der Waals surface area contributed by atoms with E-state index in [1.165, 1.54) is 0 Å². The Morgan fingerprint density at radius 1 is 1.41 bits per heavy atom. The van der Waals surface area contributed by atoms with Gasteiger partial charge in [-0.2, -0.15) is 0 Å². The first-order valence-corrected chi connectivity index (χ1v) is 7.69. The number of nitrogens with zero attached hydrogens (tertiary/aromatic N) is 1. The van der Waals surface area contributed by atoms with Crippen LogP contribution in [0.2, 0.25) is 5.02 Å². The highest BCUT2D eigenvalue weighted by Crippen LogP contribution is 2.23. The minimum absolute atomic E-state index is 0.0369. The van der Waals surface area contributed by atoms with Crippen LogP contribution >= 0.6 is 43.5 Å². The summed E-state index contributed by atoms with van der Waals surface area (Å²) in [5.74, 6) is 0.0369. The van der Waals surface area contributed by atoms with Crippen LogP contribution in [0.1, 0.15) is 23.7 Å². The van der Waals surface area contributed by atoms with Gasteiger partial charge in [0.1, 0.15) is 0 Å². The average Bonchev–Trinajstić information content (AvgIpc) is 2.28. The topological polar surface area (TPSA) is 20.3 Å². The zero-order chi connectivity index (χ0) is 12.8. The fraction of sp³-hybridized carbons (Fsp3) is 0.417. The molecule has 0 saturated carbocycles. The fourth-order valence-electron chi connectivity index (χ4n) is 1.52. The Hall–Kier alpha value is -0.0600. The van der Waals surface area contributed by atoms with Crippen molar-refractivity contribution in [3.8, 4) is 0 Å². The molecule has 5 heteroatoms. The molecule has 0 saturated heterocycles. The molecule has 0 atom stereocenters. The molecule has 1 rings (SSSR count). The second kappa shape index (κ2) is 7.39. The van der Waals surface area contributed by atoms with E-state index in [2.05, 4.69) is 38.8 Å². The molecule has 2 nitrogen and oxygen atoms in total. The van der Waals surface area contributed by atoms with Crippen molar-refractivity contribution < 1.29 is 4.79 Å². The summed E-state index contributed by atoms with van der Waals surface area (Å²) >= 11 is 12.6. The van der Waals surface area contributed by atoms with Gasteiger partial charge in [-0.3, -0.25) is 4.79 Å². The first-order valence-electron chi connectivity index (χ1n) is 5.40. The molecule has 0 heterocycles. The number of hydrogen-bond donors (Lipinski definition) is 0. The Morgan fingerprint density at radius 3 is 2.65 bits per heavy atom. The monoisotopic (exact) mass is 381 g/mol. The van der Waals surface area contributed by atoms with Gasteiger partial charge in [-0.25, -0.2) is 0 Å². The van der Waals surface area contributed by atoms with Crippen molar-refractivity contribution in [2.24, 2.45) is 0 Å². The van der Waals surface area contributed by atoms with Crippen molar-refractivity contribution in [3.05, 3.63) is 33.3 Å². The number of halogens is 3. The number of amides is 1. The van der Waals surface area contributed by atoms with E-state index in [0.29, 0.717) is 17.1 Å². The third-order valence-electron chi connectivity index (χ3n) is 2.30. The van der Waals surface area contributed by atoms with Crippen molar-refractivity contribution in [2.45, 2.75) is 13.3 Å². The molecule has 0 radical (unpaired) electrons. The Kier molecular flexibility index (Phi) is 6.52. The minimum atomic E-state index is 0.0369. The molecule has 0 bridgehead atoms. The van der Waals surface area contributed by atoms with Crippen LogP contribution in [0.15, 0.2) is 22.7 Å².